The number of rotatable bonds is 4. The third kappa shape index (κ3) is 5.38. The average Bonchev–Trinajstić information content (AvgIpc) is 4.01. The van der Waals surface area contributed by atoms with Gasteiger partial charge in [-0.3, -0.25) is 0 Å². The minimum Gasteiger partial charge on any atom is -0.507 e. The zero-order chi connectivity index (χ0) is 38.8. The molecule has 0 saturated heterocycles. The average molecular weight is 753 g/mol. The van der Waals surface area contributed by atoms with Crippen molar-refractivity contribution in [1.29, 1.82) is 0 Å². The minimum absolute atomic E-state index is 0.187. The molecule has 0 atom stereocenters. The monoisotopic (exact) mass is 752 g/mol. The number of fused-ring (bicyclic) bond motifs is 8. The molecule has 56 heavy (non-hydrogen) atoms. The van der Waals surface area contributed by atoms with Crippen LogP contribution in [0.5, 0.6) is 46.0 Å². The molecule has 0 amide bonds. The zero-order valence-electron chi connectivity index (χ0n) is 28.9. The molecule has 16 heteroatoms. The number of H-pyrrole nitrogens is 4. The fraction of sp³-hybridized carbons (Fsp3) is 0.100. The molecule has 8 aromatic rings. The van der Waals surface area contributed by atoms with E-state index in [1.165, 1.54) is 74.4 Å². The summed E-state index contributed by atoms with van der Waals surface area (Å²) in [6, 6.07) is 10.7. The number of aromatic hydroxyl groups is 8. The number of phenolic OH excluding ortho intramolecular Hbond substituents is 8. The Labute approximate surface area is 315 Å². The summed E-state index contributed by atoms with van der Waals surface area (Å²) >= 11 is 0. The summed E-state index contributed by atoms with van der Waals surface area (Å²) in [5.74, 6) is -6.94. The smallest absolute Gasteiger partial charge is 0.123 e. The Kier molecular flexibility index (Phi) is 7.82. The number of nitrogens with zero attached hydrogens (tertiary/aromatic N) is 4. The highest BCUT2D eigenvalue weighted by molar-refractivity contribution is 5.65. The Morgan fingerprint density at radius 1 is 0.286 bits per heavy atom. The molecule has 4 heterocycles. The van der Waals surface area contributed by atoms with E-state index in [9.17, 15) is 40.9 Å². The summed E-state index contributed by atoms with van der Waals surface area (Å²) in [5, 5.41) is 93.0. The molecule has 0 fully saturated rings. The molecule has 0 radical (unpaired) electrons. The van der Waals surface area contributed by atoms with E-state index >= 15 is 0 Å². The summed E-state index contributed by atoms with van der Waals surface area (Å²) in [6.45, 7) is 0. The molecule has 16 nitrogen and oxygen atoms in total. The van der Waals surface area contributed by atoms with Gasteiger partial charge in [-0.25, -0.2) is 19.9 Å². The van der Waals surface area contributed by atoms with Gasteiger partial charge in [0.15, 0.2) is 0 Å². The van der Waals surface area contributed by atoms with Crippen molar-refractivity contribution in [1.82, 2.24) is 39.9 Å². The first-order valence-corrected chi connectivity index (χ1v) is 17.2. The molecule has 0 spiro atoms. The van der Waals surface area contributed by atoms with Gasteiger partial charge in [0, 0.05) is 116 Å². The lowest BCUT2D eigenvalue weighted by Gasteiger charge is -2.28. The summed E-state index contributed by atoms with van der Waals surface area (Å²) < 4.78 is 0. The van der Waals surface area contributed by atoms with Gasteiger partial charge in [0.05, 0.1) is 49.0 Å². The van der Waals surface area contributed by atoms with Crippen LogP contribution in [0.15, 0.2) is 98.6 Å². The predicted octanol–water partition coefficient (Wildman–Crippen LogP) is 5.26. The van der Waals surface area contributed by atoms with Crippen molar-refractivity contribution in [3.63, 3.8) is 0 Å². The zero-order valence-corrected chi connectivity index (χ0v) is 28.9. The van der Waals surface area contributed by atoms with E-state index < -0.39 is 23.7 Å². The fourth-order valence-electron chi connectivity index (χ4n) is 8.00. The van der Waals surface area contributed by atoms with Gasteiger partial charge in [-0.2, -0.15) is 0 Å². The van der Waals surface area contributed by atoms with E-state index in [4.69, 9.17) is 0 Å². The predicted molar refractivity (Wildman–Crippen MR) is 197 cm³/mol. The summed E-state index contributed by atoms with van der Waals surface area (Å²) in [5.41, 5.74) is 3.14. The van der Waals surface area contributed by atoms with E-state index in [-0.39, 0.29) is 90.5 Å². The second-order valence-corrected chi connectivity index (χ2v) is 13.6. The number of nitrogens with one attached hydrogen (secondary N) is 4. The van der Waals surface area contributed by atoms with Crippen molar-refractivity contribution >= 4 is 0 Å². The molecule has 0 saturated carbocycles. The van der Waals surface area contributed by atoms with Gasteiger partial charge >= 0.3 is 0 Å². The third-order valence-corrected chi connectivity index (χ3v) is 10.5. The van der Waals surface area contributed by atoms with E-state index in [0.29, 0.717) is 22.8 Å². The van der Waals surface area contributed by atoms with Crippen LogP contribution in [-0.2, 0) is 0 Å². The molecule has 8 bridgehead atoms. The van der Waals surface area contributed by atoms with Crippen molar-refractivity contribution in [2.24, 2.45) is 0 Å². The number of aromatic amines is 4. The lowest BCUT2D eigenvalue weighted by molar-refractivity contribution is 0.430. The molecular weight excluding hydrogens is 720 g/mol. The topological polar surface area (TPSA) is 277 Å². The molecule has 4 aromatic carbocycles. The largest absolute Gasteiger partial charge is 0.507 e. The van der Waals surface area contributed by atoms with Crippen LogP contribution in [0.25, 0.3) is 0 Å². The maximum absolute atomic E-state index is 11.6. The van der Waals surface area contributed by atoms with Crippen molar-refractivity contribution in [3.8, 4) is 46.0 Å². The van der Waals surface area contributed by atoms with Crippen LogP contribution < -0.4 is 0 Å². The van der Waals surface area contributed by atoms with Gasteiger partial charge in [-0.1, -0.05) is 0 Å². The highest BCUT2D eigenvalue weighted by Gasteiger charge is 2.36. The molecule has 1 aliphatic rings. The van der Waals surface area contributed by atoms with E-state index in [0.717, 1.165) is 24.3 Å². The molecule has 12 N–H and O–H groups in total. The maximum Gasteiger partial charge on any atom is 0.123 e. The maximum atomic E-state index is 11.6. The molecule has 9 rings (SSSR count). The third-order valence-electron chi connectivity index (χ3n) is 10.5. The van der Waals surface area contributed by atoms with Gasteiger partial charge in [-0.05, 0) is 24.3 Å². The second kappa shape index (κ2) is 12.9. The lowest BCUT2D eigenvalue weighted by Crippen LogP contribution is -2.13. The van der Waals surface area contributed by atoms with Gasteiger partial charge in [0.2, 0.25) is 0 Å². The lowest BCUT2D eigenvalue weighted by atomic mass is 9.77. The van der Waals surface area contributed by atoms with Crippen molar-refractivity contribution < 1.29 is 40.9 Å². The van der Waals surface area contributed by atoms with E-state index in [2.05, 4.69) is 39.9 Å². The first-order chi connectivity index (χ1) is 27.1. The highest BCUT2D eigenvalue weighted by atomic mass is 16.3. The quantitative estimate of drug-likeness (QED) is 0.110. The summed E-state index contributed by atoms with van der Waals surface area (Å²) in [6.07, 6.45) is 11.7. The molecular formula is C40H32N8O8. The number of aromatic nitrogens is 8. The molecule has 1 aliphatic carbocycles. The SMILES string of the molecule is Oc1cc(O)c2cc1C(c1cnc[nH]1)c1cc(c(O)cc1O)C(c1cnc[nH]1)c1cc(c(O)cc1O)C(c1cnc[nH]1)c1cc(c(O)cc1O)C2c1cnc[nH]1. The van der Waals surface area contributed by atoms with Crippen molar-refractivity contribution in [2.75, 3.05) is 0 Å². The second-order valence-electron chi connectivity index (χ2n) is 13.6. The van der Waals surface area contributed by atoms with Crippen LogP contribution >= 0.6 is 0 Å². The van der Waals surface area contributed by atoms with Gasteiger partial charge in [0.1, 0.15) is 46.0 Å². The van der Waals surface area contributed by atoms with E-state index in [1.54, 1.807) is 0 Å². The number of imidazole rings is 4. The summed E-state index contributed by atoms with van der Waals surface area (Å²) in [4.78, 5) is 29.0. The Morgan fingerprint density at radius 3 is 0.607 bits per heavy atom. The first kappa shape index (κ1) is 33.9. The Bertz CT molecular complexity index is 2240. The Morgan fingerprint density at radius 2 is 0.464 bits per heavy atom. The highest BCUT2D eigenvalue weighted by Crippen LogP contribution is 2.52. The van der Waals surface area contributed by atoms with Crippen LogP contribution in [0.1, 0.15) is 91.0 Å². The fourth-order valence-corrected chi connectivity index (χ4v) is 8.00. The number of hydrogen-bond acceptors (Lipinski definition) is 12. The number of hydrogen-bond donors (Lipinski definition) is 12. The van der Waals surface area contributed by atoms with Crippen LogP contribution in [0.4, 0.5) is 0 Å². The van der Waals surface area contributed by atoms with Crippen LogP contribution in [-0.4, -0.2) is 80.7 Å². The van der Waals surface area contributed by atoms with Crippen LogP contribution in [0.2, 0.25) is 0 Å². The molecule has 0 aliphatic heterocycles. The summed E-state index contributed by atoms with van der Waals surface area (Å²) in [7, 11) is 0. The molecule has 0 unspecified atom stereocenters. The van der Waals surface area contributed by atoms with Gasteiger partial charge < -0.3 is 60.8 Å². The minimum atomic E-state index is -1.02. The standard InChI is InChI=1S/C40H32N8O8/c49-29-5-30(50)18-1-17(29)37(25-9-41-13-45-25)19-2-21(33(53)6-31(19)51)39(27-11-43-15-47-27)23-4-24(36(56)8-35(23)55)40(28-12-44-16-48-28)22-3-20(32(52)7-34(22)54)38(18)26-10-42-14-46-26/h1-16,37-40,49-56H,(H,41,45)(H,42,46)(H,43,47)(H,44,48). The van der Waals surface area contributed by atoms with Crippen LogP contribution in [0, 0.1) is 0 Å². The normalized spacial score (nSPS) is 17.9. The van der Waals surface area contributed by atoms with Gasteiger partial charge in [0.25, 0.3) is 0 Å². The van der Waals surface area contributed by atoms with Gasteiger partial charge in [-0.15, -0.1) is 0 Å². The molecule has 4 aromatic heterocycles. The Hall–Kier alpha value is -7.88. The Balaban J connectivity index is 1.46. The number of phenols is 8. The first-order valence-electron chi connectivity index (χ1n) is 17.2. The van der Waals surface area contributed by atoms with E-state index in [1.807, 2.05) is 0 Å². The number of benzene rings is 4. The molecule has 280 valence electrons. The van der Waals surface area contributed by atoms with Crippen molar-refractivity contribution in [2.45, 2.75) is 23.7 Å². The van der Waals surface area contributed by atoms with Crippen molar-refractivity contribution in [3.05, 3.63) is 166 Å². The van der Waals surface area contributed by atoms with Crippen LogP contribution in [0.3, 0.4) is 0 Å².